The van der Waals surface area contributed by atoms with E-state index in [-0.39, 0.29) is 23.4 Å². The number of rotatable bonds is 7. The molecule has 8 heteroatoms. The van der Waals surface area contributed by atoms with Gasteiger partial charge in [-0.2, -0.15) is 0 Å². The number of carboxylic acids is 1. The highest BCUT2D eigenvalue weighted by atomic mass is 16.6. The van der Waals surface area contributed by atoms with E-state index in [4.69, 9.17) is 10.8 Å². The summed E-state index contributed by atoms with van der Waals surface area (Å²) in [6.07, 6.45) is 0.326. The van der Waals surface area contributed by atoms with Crippen molar-refractivity contribution in [3.63, 3.8) is 0 Å². The Morgan fingerprint density at radius 1 is 1.50 bits per heavy atom. The Balaban J connectivity index is 3.07. The molecule has 0 aromatic heterocycles. The van der Waals surface area contributed by atoms with Crippen molar-refractivity contribution in [1.29, 1.82) is 0 Å². The fourth-order valence-corrected chi connectivity index (χ4v) is 1.69. The lowest BCUT2D eigenvalue weighted by Gasteiger charge is -2.16. The molecule has 0 saturated heterocycles. The van der Waals surface area contributed by atoms with Crippen LogP contribution >= 0.6 is 0 Å². The minimum atomic E-state index is -0.999. The normalized spacial score (nSPS) is 11.7. The van der Waals surface area contributed by atoms with Gasteiger partial charge in [0.25, 0.3) is 5.69 Å². The molecule has 4 N–H and O–H groups in total. The summed E-state index contributed by atoms with van der Waals surface area (Å²) in [4.78, 5) is 32.0. The fraction of sp³-hybridized carbons (Fsp3) is 0.333. The molecule has 20 heavy (non-hydrogen) atoms. The number of hydrogen-bond donors (Lipinski definition) is 3. The van der Waals surface area contributed by atoms with Gasteiger partial charge < -0.3 is 16.2 Å². The molecule has 0 spiro atoms. The Bertz CT molecular complexity index is 544. The summed E-state index contributed by atoms with van der Waals surface area (Å²) in [5.74, 6) is -1.77. The Hall–Kier alpha value is -2.64. The number of nitro benzene ring substituents is 1. The van der Waals surface area contributed by atoms with Crippen molar-refractivity contribution in [2.45, 2.75) is 25.8 Å². The lowest BCUT2D eigenvalue weighted by molar-refractivity contribution is -0.384. The maximum Gasteiger partial charge on any atom is 0.305 e. The maximum absolute atomic E-state index is 11.0. The molecule has 1 unspecified atom stereocenters. The highest BCUT2D eigenvalue weighted by Crippen LogP contribution is 2.27. The summed E-state index contributed by atoms with van der Waals surface area (Å²) in [6, 6.07) is 3.33. The molecular weight excluding hydrogens is 266 g/mol. The van der Waals surface area contributed by atoms with Crippen LogP contribution in [0.1, 0.15) is 30.1 Å². The molecule has 108 valence electrons. The minimum Gasteiger partial charge on any atom is -0.481 e. The molecule has 0 fully saturated rings. The van der Waals surface area contributed by atoms with Gasteiger partial charge in [0.05, 0.1) is 11.3 Å². The quantitative estimate of drug-likeness (QED) is 0.510. The van der Waals surface area contributed by atoms with E-state index in [9.17, 15) is 19.7 Å². The van der Waals surface area contributed by atoms with Crippen LogP contribution in [-0.4, -0.2) is 27.9 Å². The van der Waals surface area contributed by atoms with Gasteiger partial charge in [0, 0.05) is 17.7 Å². The number of carboxylic acid groups (broad SMARTS) is 1. The van der Waals surface area contributed by atoms with Gasteiger partial charge in [0.2, 0.25) is 5.91 Å². The van der Waals surface area contributed by atoms with E-state index in [1.165, 1.54) is 12.1 Å². The second kappa shape index (κ2) is 6.50. The summed E-state index contributed by atoms with van der Waals surface area (Å²) in [5, 5.41) is 22.5. The molecule has 1 amide bonds. The molecule has 0 saturated carbocycles. The Morgan fingerprint density at radius 3 is 2.60 bits per heavy atom. The zero-order valence-corrected chi connectivity index (χ0v) is 10.8. The molecule has 1 aromatic carbocycles. The molecule has 1 atom stereocenters. The molecular formula is C12H15N3O5. The van der Waals surface area contributed by atoms with Crippen LogP contribution < -0.4 is 11.1 Å². The monoisotopic (exact) mass is 281 g/mol. The summed E-state index contributed by atoms with van der Waals surface area (Å²) in [6.45, 7) is 1.77. The van der Waals surface area contributed by atoms with Crippen molar-refractivity contribution in [2.24, 2.45) is 5.73 Å². The number of nitrogens with one attached hydrogen (secondary N) is 1. The average Bonchev–Trinajstić information content (AvgIpc) is 2.37. The Labute approximate surface area is 114 Å². The van der Waals surface area contributed by atoms with Gasteiger partial charge in [0.15, 0.2) is 0 Å². The molecule has 0 heterocycles. The highest BCUT2D eigenvalue weighted by molar-refractivity contribution is 5.94. The van der Waals surface area contributed by atoms with Gasteiger partial charge in [0.1, 0.15) is 5.69 Å². The van der Waals surface area contributed by atoms with Crippen molar-refractivity contribution in [1.82, 2.24) is 0 Å². The topological polar surface area (TPSA) is 136 Å². The molecule has 0 aliphatic heterocycles. The summed E-state index contributed by atoms with van der Waals surface area (Å²) >= 11 is 0. The van der Waals surface area contributed by atoms with E-state index < -0.39 is 22.8 Å². The number of carbonyl (C=O) groups is 2. The van der Waals surface area contributed by atoms with Crippen molar-refractivity contribution >= 4 is 23.3 Å². The van der Waals surface area contributed by atoms with Gasteiger partial charge >= 0.3 is 5.97 Å². The third-order valence-corrected chi connectivity index (χ3v) is 2.75. The van der Waals surface area contributed by atoms with Crippen LogP contribution in [0, 0.1) is 10.1 Å². The number of benzene rings is 1. The lowest BCUT2D eigenvalue weighted by atomic mass is 10.1. The molecule has 0 aliphatic rings. The predicted molar refractivity (Wildman–Crippen MR) is 71.6 cm³/mol. The number of nitro groups is 1. The third-order valence-electron chi connectivity index (χ3n) is 2.75. The number of amides is 1. The zero-order chi connectivity index (χ0) is 15.3. The third kappa shape index (κ3) is 3.94. The first-order valence-electron chi connectivity index (χ1n) is 5.91. The SMILES string of the molecule is CCC(CC(=O)O)Nc1ccc(C(N)=O)cc1[N+](=O)[O-]. The first-order valence-corrected chi connectivity index (χ1v) is 5.91. The van der Waals surface area contributed by atoms with E-state index in [1.807, 2.05) is 0 Å². The van der Waals surface area contributed by atoms with Gasteiger partial charge in [-0.05, 0) is 18.6 Å². The predicted octanol–water partition coefficient (Wildman–Crippen LogP) is 1.36. The van der Waals surface area contributed by atoms with Crippen LogP contribution in [0.2, 0.25) is 0 Å². The van der Waals surface area contributed by atoms with E-state index in [0.29, 0.717) is 6.42 Å². The first kappa shape index (κ1) is 15.4. The smallest absolute Gasteiger partial charge is 0.305 e. The number of primary amides is 1. The van der Waals surface area contributed by atoms with E-state index in [1.54, 1.807) is 6.92 Å². The van der Waals surface area contributed by atoms with Crippen LogP contribution in [0.15, 0.2) is 18.2 Å². The van der Waals surface area contributed by atoms with Gasteiger partial charge in [-0.15, -0.1) is 0 Å². The average molecular weight is 281 g/mol. The van der Waals surface area contributed by atoms with Crippen molar-refractivity contribution in [2.75, 3.05) is 5.32 Å². The number of carbonyl (C=O) groups excluding carboxylic acids is 1. The van der Waals surface area contributed by atoms with Gasteiger partial charge in [-0.25, -0.2) is 0 Å². The number of anilines is 1. The van der Waals surface area contributed by atoms with Crippen molar-refractivity contribution < 1.29 is 19.6 Å². The van der Waals surface area contributed by atoms with Crippen LogP contribution in [0.5, 0.6) is 0 Å². The zero-order valence-electron chi connectivity index (χ0n) is 10.8. The van der Waals surface area contributed by atoms with Crippen molar-refractivity contribution in [3.05, 3.63) is 33.9 Å². The van der Waals surface area contributed by atoms with Crippen LogP contribution in [0.4, 0.5) is 11.4 Å². The van der Waals surface area contributed by atoms with Gasteiger partial charge in [-0.3, -0.25) is 19.7 Å². The standard InChI is InChI=1S/C12H15N3O5/c1-2-8(6-11(16)17)14-9-4-3-7(12(13)18)5-10(9)15(19)20/h3-5,8,14H,2,6H2,1H3,(H2,13,18)(H,16,17). The second-order valence-corrected chi connectivity index (χ2v) is 4.20. The highest BCUT2D eigenvalue weighted by Gasteiger charge is 2.19. The molecule has 8 nitrogen and oxygen atoms in total. The van der Waals surface area contributed by atoms with E-state index >= 15 is 0 Å². The lowest BCUT2D eigenvalue weighted by Crippen LogP contribution is -2.23. The summed E-state index contributed by atoms with van der Waals surface area (Å²) < 4.78 is 0. The first-order chi connectivity index (χ1) is 9.35. The molecule has 0 aliphatic carbocycles. The summed E-state index contributed by atoms with van der Waals surface area (Å²) in [5.41, 5.74) is 4.93. The number of hydrogen-bond acceptors (Lipinski definition) is 5. The van der Waals surface area contributed by atoms with Gasteiger partial charge in [-0.1, -0.05) is 6.92 Å². The fourth-order valence-electron chi connectivity index (χ4n) is 1.69. The van der Waals surface area contributed by atoms with Crippen LogP contribution in [-0.2, 0) is 4.79 Å². The number of nitrogens with zero attached hydrogens (tertiary/aromatic N) is 1. The largest absolute Gasteiger partial charge is 0.481 e. The van der Waals surface area contributed by atoms with Crippen LogP contribution in [0.3, 0.4) is 0 Å². The molecule has 0 bridgehead atoms. The van der Waals surface area contributed by atoms with E-state index in [0.717, 1.165) is 6.07 Å². The van der Waals surface area contributed by atoms with Crippen LogP contribution in [0.25, 0.3) is 0 Å². The Kier molecular flexibility index (Phi) is 5.01. The summed E-state index contributed by atoms with van der Waals surface area (Å²) in [7, 11) is 0. The maximum atomic E-state index is 11.0. The molecule has 1 aromatic rings. The molecule has 1 rings (SSSR count). The van der Waals surface area contributed by atoms with Crippen molar-refractivity contribution in [3.8, 4) is 0 Å². The number of nitrogens with two attached hydrogens (primary N) is 1. The Morgan fingerprint density at radius 2 is 2.15 bits per heavy atom. The second-order valence-electron chi connectivity index (χ2n) is 4.20. The minimum absolute atomic E-state index is 0.0218. The van der Waals surface area contributed by atoms with E-state index in [2.05, 4.69) is 5.32 Å². The molecule has 0 radical (unpaired) electrons. The number of aliphatic carboxylic acids is 1.